The molecule has 7 nitrogen and oxygen atoms in total. The quantitative estimate of drug-likeness (QED) is 0.465. The van der Waals surface area contributed by atoms with Gasteiger partial charge in [-0.3, -0.25) is 14.0 Å². The predicted octanol–water partition coefficient (Wildman–Crippen LogP) is 3.80. The summed E-state index contributed by atoms with van der Waals surface area (Å²) in [5.74, 6) is -0.0371. The number of carbonyl (C=O) groups is 1. The van der Waals surface area contributed by atoms with Crippen LogP contribution in [-0.2, 0) is 27.9 Å². The molecule has 3 aromatic rings. The predicted molar refractivity (Wildman–Crippen MR) is 137 cm³/mol. The third kappa shape index (κ3) is 6.21. The molecule has 0 bridgehead atoms. The summed E-state index contributed by atoms with van der Waals surface area (Å²) in [5.41, 5.74) is 2.51. The number of hydrogen-bond acceptors (Lipinski definition) is 5. The Hall–Kier alpha value is -3.36. The van der Waals surface area contributed by atoms with Crippen LogP contribution in [0.3, 0.4) is 0 Å². The van der Waals surface area contributed by atoms with Gasteiger partial charge in [-0.15, -0.1) is 0 Å². The van der Waals surface area contributed by atoms with E-state index in [2.05, 4.69) is 22.3 Å². The zero-order valence-corrected chi connectivity index (χ0v) is 20.7. The first-order valence-corrected chi connectivity index (χ1v) is 13.2. The number of carbonyl (C=O) groups excluding carboxylic acids is 1. The van der Waals surface area contributed by atoms with Gasteiger partial charge in [-0.1, -0.05) is 54.6 Å². The van der Waals surface area contributed by atoms with E-state index in [1.165, 1.54) is 37.6 Å². The Kier molecular flexibility index (Phi) is 8.05. The normalized spacial score (nSPS) is 14.0. The van der Waals surface area contributed by atoms with Crippen molar-refractivity contribution in [2.45, 2.75) is 30.8 Å². The lowest BCUT2D eigenvalue weighted by Gasteiger charge is -2.25. The second kappa shape index (κ2) is 11.4. The van der Waals surface area contributed by atoms with Gasteiger partial charge in [0.25, 0.3) is 10.0 Å². The third-order valence-corrected chi connectivity index (χ3v) is 7.86. The molecule has 0 aliphatic carbocycles. The van der Waals surface area contributed by atoms with Gasteiger partial charge in [0.05, 0.1) is 17.7 Å². The van der Waals surface area contributed by atoms with E-state index in [9.17, 15) is 13.2 Å². The Morgan fingerprint density at radius 2 is 1.54 bits per heavy atom. The summed E-state index contributed by atoms with van der Waals surface area (Å²) < 4.78 is 33.4. The van der Waals surface area contributed by atoms with Crippen molar-refractivity contribution >= 4 is 21.6 Å². The molecule has 0 radical (unpaired) electrons. The molecule has 1 N–H and O–H groups in total. The standard InChI is InChI=1S/C27H31N3O4S/c1-34-26-12-6-5-11-25(26)30(35(32,33)24-9-3-2-4-10-24)21-27(31)28-19-22-13-15-23(16-14-22)20-29-17-7-8-18-29/h2-6,9-16H,7-8,17-21H2,1H3,(H,28,31). The van der Waals surface area contributed by atoms with Gasteiger partial charge in [-0.25, -0.2) is 8.42 Å². The fourth-order valence-corrected chi connectivity index (χ4v) is 5.66. The summed E-state index contributed by atoms with van der Waals surface area (Å²) in [5, 5.41) is 2.86. The van der Waals surface area contributed by atoms with Crippen LogP contribution in [0, 0.1) is 0 Å². The average Bonchev–Trinajstić information content (AvgIpc) is 3.40. The molecular weight excluding hydrogens is 462 g/mol. The van der Waals surface area contributed by atoms with E-state index in [-0.39, 0.29) is 11.4 Å². The molecule has 0 unspecified atom stereocenters. The van der Waals surface area contributed by atoms with Gasteiger partial charge in [-0.05, 0) is 61.3 Å². The number of benzene rings is 3. The molecule has 3 aromatic carbocycles. The van der Waals surface area contributed by atoms with Gasteiger partial charge in [0.1, 0.15) is 12.3 Å². The molecule has 1 heterocycles. The first-order chi connectivity index (χ1) is 17.0. The number of nitrogens with one attached hydrogen (secondary N) is 1. The minimum atomic E-state index is -3.99. The summed E-state index contributed by atoms with van der Waals surface area (Å²) in [6, 6.07) is 23.0. The van der Waals surface area contributed by atoms with Crippen LogP contribution in [0.4, 0.5) is 5.69 Å². The van der Waals surface area contributed by atoms with Crippen molar-refractivity contribution in [2.75, 3.05) is 31.0 Å². The number of para-hydroxylation sites is 2. The van der Waals surface area contributed by atoms with Crippen LogP contribution in [0.25, 0.3) is 0 Å². The summed E-state index contributed by atoms with van der Waals surface area (Å²) in [6.07, 6.45) is 2.52. The van der Waals surface area contributed by atoms with Crippen molar-refractivity contribution in [1.82, 2.24) is 10.2 Å². The van der Waals surface area contributed by atoms with Gasteiger partial charge in [0.15, 0.2) is 0 Å². The molecule has 1 amide bonds. The summed E-state index contributed by atoms with van der Waals surface area (Å²) >= 11 is 0. The van der Waals surface area contributed by atoms with Crippen LogP contribution in [0.1, 0.15) is 24.0 Å². The lowest BCUT2D eigenvalue weighted by molar-refractivity contribution is -0.119. The Bertz CT molecular complexity index is 1220. The molecule has 184 valence electrons. The van der Waals surface area contributed by atoms with Crippen molar-refractivity contribution in [1.29, 1.82) is 0 Å². The highest BCUT2D eigenvalue weighted by Gasteiger charge is 2.29. The molecule has 1 aliphatic heterocycles. The topological polar surface area (TPSA) is 79.0 Å². The highest BCUT2D eigenvalue weighted by atomic mass is 32.2. The summed E-state index contributed by atoms with van der Waals surface area (Å²) in [6.45, 7) is 3.18. The highest BCUT2D eigenvalue weighted by molar-refractivity contribution is 7.92. The zero-order valence-electron chi connectivity index (χ0n) is 19.9. The van der Waals surface area contributed by atoms with Crippen LogP contribution in [0.5, 0.6) is 5.75 Å². The van der Waals surface area contributed by atoms with Crippen LogP contribution < -0.4 is 14.4 Å². The van der Waals surface area contributed by atoms with E-state index >= 15 is 0 Å². The maximum Gasteiger partial charge on any atom is 0.264 e. The Morgan fingerprint density at radius 1 is 0.914 bits per heavy atom. The maximum absolute atomic E-state index is 13.5. The van der Waals surface area contributed by atoms with Gasteiger partial charge in [0.2, 0.25) is 5.91 Å². The molecule has 35 heavy (non-hydrogen) atoms. The van der Waals surface area contributed by atoms with Crippen molar-refractivity contribution in [3.05, 3.63) is 90.0 Å². The van der Waals surface area contributed by atoms with E-state index in [0.29, 0.717) is 18.0 Å². The first-order valence-electron chi connectivity index (χ1n) is 11.7. The molecular formula is C27H31N3O4S. The fraction of sp³-hybridized carbons (Fsp3) is 0.296. The average molecular weight is 494 g/mol. The van der Waals surface area contributed by atoms with Crippen LogP contribution in [0.2, 0.25) is 0 Å². The van der Waals surface area contributed by atoms with E-state index in [1.807, 2.05) is 12.1 Å². The monoisotopic (exact) mass is 493 g/mol. The molecule has 4 rings (SSSR count). The smallest absolute Gasteiger partial charge is 0.264 e. The second-order valence-corrected chi connectivity index (χ2v) is 10.4. The Morgan fingerprint density at radius 3 is 2.23 bits per heavy atom. The highest BCUT2D eigenvalue weighted by Crippen LogP contribution is 2.32. The van der Waals surface area contributed by atoms with Crippen LogP contribution >= 0.6 is 0 Å². The minimum Gasteiger partial charge on any atom is -0.495 e. The lowest BCUT2D eigenvalue weighted by Crippen LogP contribution is -2.40. The van der Waals surface area contributed by atoms with Gasteiger partial charge in [-0.2, -0.15) is 0 Å². The summed E-state index contributed by atoms with van der Waals surface area (Å²) in [4.78, 5) is 15.5. The number of rotatable bonds is 10. The molecule has 0 atom stereocenters. The fourth-order valence-electron chi connectivity index (χ4n) is 4.20. The Labute approximate surface area is 207 Å². The zero-order chi connectivity index (χ0) is 24.7. The minimum absolute atomic E-state index is 0.104. The molecule has 1 aliphatic rings. The van der Waals surface area contributed by atoms with E-state index in [0.717, 1.165) is 29.5 Å². The molecule has 0 saturated carbocycles. The second-order valence-electron chi connectivity index (χ2n) is 8.57. The van der Waals surface area contributed by atoms with Crippen molar-refractivity contribution < 1.29 is 17.9 Å². The number of amides is 1. The Balaban J connectivity index is 1.46. The van der Waals surface area contributed by atoms with Gasteiger partial charge in [0, 0.05) is 13.1 Å². The van der Waals surface area contributed by atoms with Crippen molar-refractivity contribution in [3.8, 4) is 5.75 Å². The number of methoxy groups -OCH3 is 1. The molecule has 1 fully saturated rings. The molecule has 1 saturated heterocycles. The number of nitrogens with zero attached hydrogens (tertiary/aromatic N) is 2. The van der Waals surface area contributed by atoms with Crippen LogP contribution in [-0.4, -0.2) is 46.0 Å². The third-order valence-electron chi connectivity index (χ3n) is 6.09. The van der Waals surface area contributed by atoms with E-state index < -0.39 is 15.9 Å². The number of likely N-dealkylation sites (tertiary alicyclic amines) is 1. The SMILES string of the molecule is COc1ccccc1N(CC(=O)NCc1ccc(CN2CCCC2)cc1)S(=O)(=O)c1ccccc1. The van der Waals surface area contributed by atoms with Gasteiger partial charge >= 0.3 is 0 Å². The first kappa shape index (κ1) is 24.8. The maximum atomic E-state index is 13.5. The number of sulfonamides is 1. The largest absolute Gasteiger partial charge is 0.495 e. The van der Waals surface area contributed by atoms with E-state index in [1.54, 1.807) is 42.5 Å². The lowest BCUT2D eigenvalue weighted by atomic mass is 10.1. The number of anilines is 1. The number of ether oxygens (including phenoxy) is 1. The summed E-state index contributed by atoms with van der Waals surface area (Å²) in [7, 11) is -2.52. The van der Waals surface area contributed by atoms with Crippen molar-refractivity contribution in [2.24, 2.45) is 0 Å². The molecule has 0 aromatic heterocycles. The van der Waals surface area contributed by atoms with E-state index in [4.69, 9.17) is 4.74 Å². The molecule has 8 heteroatoms. The van der Waals surface area contributed by atoms with Gasteiger partial charge < -0.3 is 10.1 Å². The van der Waals surface area contributed by atoms with Crippen LogP contribution in [0.15, 0.2) is 83.8 Å². The molecule has 0 spiro atoms. The van der Waals surface area contributed by atoms with Crippen molar-refractivity contribution in [3.63, 3.8) is 0 Å². The number of hydrogen-bond donors (Lipinski definition) is 1.